The number of nitrogens with one attached hydrogen (secondary N) is 1. The van der Waals surface area contributed by atoms with Gasteiger partial charge in [-0.25, -0.2) is 13.1 Å². The highest BCUT2D eigenvalue weighted by atomic mass is 79.9. The molecule has 1 atom stereocenters. The maximum atomic E-state index is 11.6. The van der Waals surface area contributed by atoms with E-state index in [1.165, 1.54) is 0 Å². The van der Waals surface area contributed by atoms with E-state index in [9.17, 15) is 8.42 Å². The van der Waals surface area contributed by atoms with Gasteiger partial charge < -0.3 is 4.74 Å². The van der Waals surface area contributed by atoms with Gasteiger partial charge in [0.2, 0.25) is 10.0 Å². The lowest BCUT2D eigenvalue weighted by Gasteiger charge is -2.19. The molecule has 92 valence electrons. The quantitative estimate of drug-likeness (QED) is 0.544. The Labute approximate surface area is 101 Å². The van der Waals surface area contributed by atoms with Crippen molar-refractivity contribution in [2.45, 2.75) is 26.8 Å². The maximum Gasteiger partial charge on any atom is 0.214 e. The third-order valence-electron chi connectivity index (χ3n) is 2.00. The average Bonchev–Trinajstić information content (AvgIpc) is 2.14. The summed E-state index contributed by atoms with van der Waals surface area (Å²) in [6.07, 6.45) is 0. The molecule has 0 aliphatic heterocycles. The molecule has 6 heteroatoms. The second kappa shape index (κ2) is 7.60. The topological polar surface area (TPSA) is 55.4 Å². The second-order valence-electron chi connectivity index (χ2n) is 3.64. The largest absolute Gasteiger partial charge is 0.381 e. The fourth-order valence-electron chi connectivity index (χ4n) is 0.948. The zero-order valence-corrected chi connectivity index (χ0v) is 11.9. The number of halogens is 1. The first kappa shape index (κ1) is 15.3. The summed E-state index contributed by atoms with van der Waals surface area (Å²) in [5, 5.41) is 0.624. The average molecular weight is 302 g/mol. The molecule has 0 amide bonds. The molecule has 0 aromatic heterocycles. The summed E-state index contributed by atoms with van der Waals surface area (Å²) in [6, 6.07) is -0.0587. The molecular weight excluding hydrogens is 282 g/mol. The summed E-state index contributed by atoms with van der Waals surface area (Å²) in [4.78, 5) is 0. The summed E-state index contributed by atoms with van der Waals surface area (Å²) < 4.78 is 30.8. The Hall–Kier alpha value is 0.350. The van der Waals surface area contributed by atoms with Gasteiger partial charge in [-0.1, -0.05) is 29.8 Å². The Morgan fingerprint density at radius 2 is 2.00 bits per heavy atom. The minimum Gasteiger partial charge on any atom is -0.381 e. The third kappa shape index (κ3) is 7.27. The van der Waals surface area contributed by atoms with Crippen molar-refractivity contribution < 1.29 is 13.2 Å². The summed E-state index contributed by atoms with van der Waals surface area (Å²) in [5.74, 6) is 0.295. The lowest BCUT2D eigenvalue weighted by atomic mass is 10.1. The Balaban J connectivity index is 4.11. The minimum atomic E-state index is -3.22. The van der Waals surface area contributed by atoms with Crippen LogP contribution < -0.4 is 4.72 Å². The van der Waals surface area contributed by atoms with Crippen molar-refractivity contribution in [3.63, 3.8) is 0 Å². The number of hydrogen-bond acceptors (Lipinski definition) is 3. The van der Waals surface area contributed by atoms with Crippen LogP contribution in [0.15, 0.2) is 0 Å². The monoisotopic (exact) mass is 301 g/mol. The van der Waals surface area contributed by atoms with Crippen LogP contribution in [0.2, 0.25) is 0 Å². The maximum absolute atomic E-state index is 11.6. The second-order valence-corrected chi connectivity index (χ2v) is 6.16. The van der Waals surface area contributed by atoms with Gasteiger partial charge >= 0.3 is 0 Å². The molecule has 0 aromatic carbocycles. The first-order chi connectivity index (χ1) is 6.93. The first-order valence-electron chi connectivity index (χ1n) is 5.06. The van der Waals surface area contributed by atoms with Crippen LogP contribution in [-0.4, -0.2) is 38.8 Å². The highest BCUT2D eigenvalue weighted by molar-refractivity contribution is 9.09. The van der Waals surface area contributed by atoms with E-state index in [0.29, 0.717) is 11.9 Å². The van der Waals surface area contributed by atoms with E-state index in [-0.39, 0.29) is 24.3 Å². The standard InChI is InChI=1S/C9H20BrNO3S/c1-4-14-5-6-15(12,13)11-9(7-10)8(2)3/h8-9,11H,4-7H2,1-3H3. The molecule has 0 radical (unpaired) electrons. The van der Waals surface area contributed by atoms with Crippen LogP contribution in [0.3, 0.4) is 0 Å². The molecule has 15 heavy (non-hydrogen) atoms. The molecule has 0 heterocycles. The smallest absolute Gasteiger partial charge is 0.214 e. The van der Waals surface area contributed by atoms with E-state index in [1.807, 2.05) is 20.8 Å². The number of sulfonamides is 1. The van der Waals surface area contributed by atoms with Crippen LogP contribution in [0.25, 0.3) is 0 Å². The van der Waals surface area contributed by atoms with E-state index in [2.05, 4.69) is 20.7 Å². The van der Waals surface area contributed by atoms with Gasteiger partial charge in [0.1, 0.15) is 0 Å². The lowest BCUT2D eigenvalue weighted by Crippen LogP contribution is -2.41. The Morgan fingerprint density at radius 1 is 1.40 bits per heavy atom. The Morgan fingerprint density at radius 3 is 2.40 bits per heavy atom. The van der Waals surface area contributed by atoms with Gasteiger partial charge in [-0.15, -0.1) is 0 Å². The van der Waals surface area contributed by atoms with E-state index >= 15 is 0 Å². The van der Waals surface area contributed by atoms with Gasteiger partial charge in [0.15, 0.2) is 0 Å². The fourth-order valence-corrected chi connectivity index (χ4v) is 3.34. The van der Waals surface area contributed by atoms with Crippen LogP contribution in [-0.2, 0) is 14.8 Å². The molecule has 0 aromatic rings. The van der Waals surface area contributed by atoms with Gasteiger partial charge in [0, 0.05) is 18.0 Å². The molecule has 4 nitrogen and oxygen atoms in total. The normalized spacial score (nSPS) is 14.5. The van der Waals surface area contributed by atoms with Gasteiger partial charge in [0.25, 0.3) is 0 Å². The molecule has 0 saturated carbocycles. The molecule has 0 bridgehead atoms. The summed E-state index contributed by atoms with van der Waals surface area (Å²) in [5.41, 5.74) is 0. The van der Waals surface area contributed by atoms with Crippen LogP contribution in [0, 0.1) is 5.92 Å². The van der Waals surface area contributed by atoms with Gasteiger partial charge in [0.05, 0.1) is 12.4 Å². The van der Waals surface area contributed by atoms with E-state index in [0.717, 1.165) is 0 Å². The van der Waals surface area contributed by atoms with Crippen molar-refractivity contribution >= 4 is 26.0 Å². The SMILES string of the molecule is CCOCCS(=O)(=O)NC(CBr)C(C)C. The Kier molecular flexibility index (Phi) is 7.77. The predicted octanol–water partition coefficient (Wildman–Crippen LogP) is 1.36. The fraction of sp³-hybridized carbons (Fsp3) is 1.00. The molecular formula is C9H20BrNO3S. The van der Waals surface area contributed by atoms with Crippen molar-refractivity contribution in [3.05, 3.63) is 0 Å². The number of rotatable bonds is 8. The Bertz CT molecular complexity index is 254. The molecule has 0 fully saturated rings. The molecule has 0 aliphatic carbocycles. The van der Waals surface area contributed by atoms with Crippen molar-refractivity contribution in [3.8, 4) is 0 Å². The first-order valence-corrected chi connectivity index (χ1v) is 7.84. The number of alkyl halides is 1. The van der Waals surface area contributed by atoms with E-state index in [4.69, 9.17) is 4.74 Å². The molecule has 0 rings (SSSR count). The van der Waals surface area contributed by atoms with Crippen LogP contribution in [0.4, 0.5) is 0 Å². The van der Waals surface area contributed by atoms with E-state index < -0.39 is 10.0 Å². The molecule has 1 unspecified atom stereocenters. The van der Waals surface area contributed by atoms with Gasteiger partial charge in [-0.05, 0) is 12.8 Å². The third-order valence-corrected chi connectivity index (χ3v) is 4.07. The highest BCUT2D eigenvalue weighted by Gasteiger charge is 2.19. The van der Waals surface area contributed by atoms with E-state index in [1.54, 1.807) is 0 Å². The number of hydrogen-bond donors (Lipinski definition) is 1. The van der Waals surface area contributed by atoms with Crippen molar-refractivity contribution in [1.29, 1.82) is 0 Å². The summed E-state index contributed by atoms with van der Waals surface area (Å²) >= 11 is 3.29. The zero-order valence-electron chi connectivity index (χ0n) is 9.49. The molecule has 0 saturated heterocycles. The van der Waals surface area contributed by atoms with Crippen LogP contribution in [0.5, 0.6) is 0 Å². The molecule has 1 N–H and O–H groups in total. The highest BCUT2D eigenvalue weighted by Crippen LogP contribution is 2.06. The van der Waals surface area contributed by atoms with Crippen molar-refractivity contribution in [1.82, 2.24) is 4.72 Å². The predicted molar refractivity (Wildman–Crippen MR) is 65.8 cm³/mol. The summed E-state index contributed by atoms with van der Waals surface area (Å²) in [7, 11) is -3.22. The van der Waals surface area contributed by atoms with Crippen molar-refractivity contribution in [2.75, 3.05) is 24.3 Å². The molecule has 0 spiro atoms. The van der Waals surface area contributed by atoms with Gasteiger partial charge in [-0.3, -0.25) is 0 Å². The van der Waals surface area contributed by atoms with Crippen LogP contribution >= 0.6 is 15.9 Å². The number of ether oxygens (including phenoxy) is 1. The minimum absolute atomic E-state index is 0.0249. The summed E-state index contributed by atoms with van der Waals surface area (Å²) in [6.45, 7) is 6.60. The van der Waals surface area contributed by atoms with Crippen LogP contribution in [0.1, 0.15) is 20.8 Å². The van der Waals surface area contributed by atoms with Gasteiger partial charge in [-0.2, -0.15) is 0 Å². The lowest BCUT2D eigenvalue weighted by molar-refractivity contribution is 0.163. The van der Waals surface area contributed by atoms with Crippen molar-refractivity contribution in [2.24, 2.45) is 5.92 Å². The zero-order chi connectivity index (χ0) is 11.9. The molecule has 0 aliphatic rings.